The molecule has 0 bridgehead atoms. The van der Waals surface area contributed by atoms with E-state index in [0.717, 1.165) is 6.54 Å². The molecule has 0 saturated carbocycles. The van der Waals surface area contributed by atoms with Gasteiger partial charge in [0, 0.05) is 26.0 Å². The lowest BCUT2D eigenvalue weighted by atomic mass is 10.2. The number of hydrogen-bond donors (Lipinski definition) is 1. The standard InChI is InChI=1S/C12H18ClN5O/c1-16(2)6-7-18-10(9(13)8-15-18)11(19)12-14-4-5-17(12)3/h4-5,8,11,19H,6-7H2,1-3H3. The molecule has 2 rings (SSSR count). The van der Waals surface area contributed by atoms with Gasteiger partial charge in [0.2, 0.25) is 0 Å². The summed E-state index contributed by atoms with van der Waals surface area (Å²) in [4.78, 5) is 6.20. The quantitative estimate of drug-likeness (QED) is 0.886. The van der Waals surface area contributed by atoms with Crippen LogP contribution in [0.25, 0.3) is 0 Å². The summed E-state index contributed by atoms with van der Waals surface area (Å²) in [5.41, 5.74) is 0.581. The predicted octanol–water partition coefficient (Wildman–Crippen LogP) is 0.913. The minimum absolute atomic E-state index is 0.453. The van der Waals surface area contributed by atoms with Gasteiger partial charge in [0.05, 0.1) is 23.5 Å². The molecule has 0 fully saturated rings. The first kappa shape index (κ1) is 14.0. The molecule has 0 aliphatic heterocycles. The van der Waals surface area contributed by atoms with Gasteiger partial charge in [-0.3, -0.25) is 4.68 Å². The minimum Gasteiger partial charge on any atom is -0.379 e. The smallest absolute Gasteiger partial charge is 0.155 e. The van der Waals surface area contributed by atoms with Crippen LogP contribution in [0.5, 0.6) is 0 Å². The fraction of sp³-hybridized carbons (Fsp3) is 0.500. The minimum atomic E-state index is -0.878. The Balaban J connectivity index is 2.28. The van der Waals surface area contributed by atoms with Gasteiger partial charge in [-0.05, 0) is 14.1 Å². The summed E-state index contributed by atoms with van der Waals surface area (Å²) in [5.74, 6) is 0.550. The molecule has 19 heavy (non-hydrogen) atoms. The summed E-state index contributed by atoms with van der Waals surface area (Å²) in [7, 11) is 5.81. The van der Waals surface area contributed by atoms with E-state index in [0.29, 0.717) is 23.1 Å². The normalized spacial score (nSPS) is 13.2. The van der Waals surface area contributed by atoms with E-state index in [1.165, 1.54) is 0 Å². The number of aromatic nitrogens is 4. The van der Waals surface area contributed by atoms with Crippen LogP contribution in [0, 0.1) is 0 Å². The van der Waals surface area contributed by atoms with Gasteiger partial charge >= 0.3 is 0 Å². The van der Waals surface area contributed by atoms with E-state index >= 15 is 0 Å². The molecule has 0 amide bonds. The molecule has 0 aliphatic carbocycles. The lowest BCUT2D eigenvalue weighted by Crippen LogP contribution is -2.22. The van der Waals surface area contributed by atoms with Gasteiger partial charge in [0.15, 0.2) is 6.10 Å². The Morgan fingerprint density at radius 1 is 1.47 bits per heavy atom. The van der Waals surface area contributed by atoms with Gasteiger partial charge < -0.3 is 14.6 Å². The molecule has 0 aromatic carbocycles. The molecule has 7 heteroatoms. The fourth-order valence-electron chi connectivity index (χ4n) is 1.88. The maximum Gasteiger partial charge on any atom is 0.155 e. The van der Waals surface area contributed by atoms with Gasteiger partial charge in [-0.15, -0.1) is 0 Å². The van der Waals surface area contributed by atoms with Gasteiger partial charge in [-0.2, -0.15) is 5.10 Å². The molecule has 2 heterocycles. The van der Waals surface area contributed by atoms with Crippen LogP contribution in [0.3, 0.4) is 0 Å². The SMILES string of the molecule is CN(C)CCn1ncc(Cl)c1C(O)c1nccn1C. The van der Waals surface area contributed by atoms with Crippen molar-refractivity contribution in [3.8, 4) is 0 Å². The third-order valence-corrected chi connectivity index (χ3v) is 3.25. The topological polar surface area (TPSA) is 59.1 Å². The molecule has 104 valence electrons. The van der Waals surface area contributed by atoms with Crippen LogP contribution >= 0.6 is 11.6 Å². The molecule has 1 N–H and O–H groups in total. The summed E-state index contributed by atoms with van der Waals surface area (Å²) in [6, 6.07) is 0. The summed E-state index contributed by atoms with van der Waals surface area (Å²) < 4.78 is 3.49. The molecular formula is C12H18ClN5O. The highest BCUT2D eigenvalue weighted by molar-refractivity contribution is 6.31. The van der Waals surface area contributed by atoms with Crippen molar-refractivity contribution in [3.05, 3.63) is 35.1 Å². The Hall–Kier alpha value is -1.37. The van der Waals surface area contributed by atoms with Crippen LogP contribution in [0.4, 0.5) is 0 Å². The third-order valence-electron chi connectivity index (χ3n) is 2.95. The molecule has 0 radical (unpaired) electrons. The first-order chi connectivity index (χ1) is 9.00. The fourth-order valence-corrected chi connectivity index (χ4v) is 2.12. The molecular weight excluding hydrogens is 266 g/mol. The van der Waals surface area contributed by atoms with Gasteiger partial charge in [0.1, 0.15) is 5.82 Å². The van der Waals surface area contributed by atoms with Crippen molar-refractivity contribution in [3.63, 3.8) is 0 Å². The number of imidazole rings is 1. The average Bonchev–Trinajstić information content (AvgIpc) is 2.92. The van der Waals surface area contributed by atoms with Crippen molar-refractivity contribution >= 4 is 11.6 Å². The molecule has 2 aromatic heterocycles. The number of aliphatic hydroxyl groups is 1. The zero-order chi connectivity index (χ0) is 14.0. The molecule has 6 nitrogen and oxygen atoms in total. The molecule has 2 aromatic rings. The molecule has 0 aliphatic rings. The van der Waals surface area contributed by atoms with Crippen molar-refractivity contribution in [2.45, 2.75) is 12.6 Å². The van der Waals surface area contributed by atoms with Gasteiger partial charge in [0.25, 0.3) is 0 Å². The number of likely N-dealkylation sites (N-methyl/N-ethyl adjacent to an activating group) is 1. The van der Waals surface area contributed by atoms with Crippen molar-refractivity contribution < 1.29 is 5.11 Å². The van der Waals surface area contributed by atoms with E-state index in [1.807, 2.05) is 26.0 Å². The van der Waals surface area contributed by atoms with Crippen LogP contribution < -0.4 is 0 Å². The first-order valence-corrected chi connectivity index (χ1v) is 6.39. The second-order valence-corrected chi connectivity index (χ2v) is 5.11. The molecule has 0 spiro atoms. The number of aliphatic hydroxyl groups excluding tert-OH is 1. The average molecular weight is 284 g/mol. The van der Waals surface area contributed by atoms with Crippen LogP contribution in [0.2, 0.25) is 5.02 Å². The highest BCUT2D eigenvalue weighted by atomic mass is 35.5. The zero-order valence-electron chi connectivity index (χ0n) is 11.3. The van der Waals surface area contributed by atoms with E-state index in [9.17, 15) is 5.11 Å². The Morgan fingerprint density at radius 3 is 2.79 bits per heavy atom. The highest BCUT2D eigenvalue weighted by Gasteiger charge is 2.22. The summed E-state index contributed by atoms with van der Waals surface area (Å²) in [6.07, 6.45) is 4.11. The maximum absolute atomic E-state index is 10.4. The zero-order valence-corrected chi connectivity index (χ0v) is 12.0. The van der Waals surface area contributed by atoms with E-state index in [1.54, 1.807) is 27.8 Å². The lowest BCUT2D eigenvalue weighted by Gasteiger charge is -2.16. The number of nitrogens with zero attached hydrogens (tertiary/aromatic N) is 5. The Kier molecular flexibility index (Phi) is 4.24. The summed E-state index contributed by atoms with van der Waals surface area (Å²) >= 11 is 6.13. The summed E-state index contributed by atoms with van der Waals surface area (Å²) in [6.45, 7) is 1.48. The maximum atomic E-state index is 10.4. The number of aryl methyl sites for hydroxylation is 1. The lowest BCUT2D eigenvalue weighted by molar-refractivity contribution is 0.192. The first-order valence-electron chi connectivity index (χ1n) is 6.02. The van der Waals surface area contributed by atoms with Crippen LogP contribution in [-0.2, 0) is 13.6 Å². The third kappa shape index (κ3) is 2.97. The second-order valence-electron chi connectivity index (χ2n) is 4.70. The monoisotopic (exact) mass is 283 g/mol. The largest absolute Gasteiger partial charge is 0.379 e. The molecule has 1 unspecified atom stereocenters. The van der Waals surface area contributed by atoms with Crippen LogP contribution in [-0.4, -0.2) is 50.0 Å². The van der Waals surface area contributed by atoms with Crippen LogP contribution in [0.15, 0.2) is 18.6 Å². The Bertz CT molecular complexity index is 548. The Labute approximate surface area is 117 Å². The molecule has 0 saturated heterocycles. The second kappa shape index (κ2) is 5.73. The Morgan fingerprint density at radius 2 is 2.21 bits per heavy atom. The van der Waals surface area contributed by atoms with Crippen LogP contribution in [0.1, 0.15) is 17.6 Å². The number of halogens is 1. The van der Waals surface area contributed by atoms with Gasteiger partial charge in [-0.25, -0.2) is 4.98 Å². The van der Waals surface area contributed by atoms with E-state index in [2.05, 4.69) is 10.1 Å². The van der Waals surface area contributed by atoms with E-state index in [4.69, 9.17) is 11.6 Å². The van der Waals surface area contributed by atoms with Crippen molar-refractivity contribution in [2.24, 2.45) is 7.05 Å². The number of hydrogen-bond acceptors (Lipinski definition) is 4. The number of rotatable bonds is 5. The van der Waals surface area contributed by atoms with Crippen molar-refractivity contribution in [1.29, 1.82) is 0 Å². The van der Waals surface area contributed by atoms with Crippen molar-refractivity contribution in [2.75, 3.05) is 20.6 Å². The summed E-state index contributed by atoms with van der Waals surface area (Å²) in [5, 5.41) is 15.1. The van der Waals surface area contributed by atoms with E-state index < -0.39 is 6.10 Å². The predicted molar refractivity (Wildman–Crippen MR) is 73.1 cm³/mol. The molecule has 1 atom stereocenters. The highest BCUT2D eigenvalue weighted by Crippen LogP contribution is 2.26. The van der Waals surface area contributed by atoms with E-state index in [-0.39, 0.29) is 0 Å². The van der Waals surface area contributed by atoms with Gasteiger partial charge in [-0.1, -0.05) is 11.6 Å². The van der Waals surface area contributed by atoms with Crippen molar-refractivity contribution in [1.82, 2.24) is 24.2 Å².